The predicted octanol–water partition coefficient (Wildman–Crippen LogP) is 1.36. The Morgan fingerprint density at radius 3 is 2.17 bits per heavy atom. The fourth-order valence-corrected chi connectivity index (χ4v) is 6.56. The van der Waals surface area contributed by atoms with Crippen LogP contribution in [0.15, 0.2) is 24.3 Å². The summed E-state index contributed by atoms with van der Waals surface area (Å²) in [7, 11) is -11.2. The first kappa shape index (κ1) is 23.9. The van der Waals surface area contributed by atoms with Gasteiger partial charge in [0.05, 0.1) is 0 Å². The lowest BCUT2D eigenvalue weighted by Crippen LogP contribution is -2.41. The van der Waals surface area contributed by atoms with Crippen LogP contribution in [0, 0.1) is 0 Å². The van der Waals surface area contributed by atoms with Gasteiger partial charge in [-0.25, -0.2) is 8.42 Å². The molecule has 0 saturated carbocycles. The highest BCUT2D eigenvalue weighted by atomic mass is 32.3. The SMILES string of the molecule is O=C(C[S+]1CCCC1)c1ccc(OCCOS(=O)(=O)NS(=O)(=O)C(F)(F)F)cc1. The van der Waals surface area contributed by atoms with Crippen LogP contribution in [-0.2, 0) is 35.4 Å². The summed E-state index contributed by atoms with van der Waals surface area (Å²) in [5.41, 5.74) is -5.27. The Labute approximate surface area is 169 Å². The molecule has 0 bridgehead atoms. The maximum absolute atomic E-state index is 12.2. The fourth-order valence-electron chi connectivity index (χ4n) is 2.37. The number of carbonyl (C=O) groups excluding carboxylic acids is 1. The lowest BCUT2D eigenvalue weighted by atomic mass is 10.1. The minimum atomic E-state index is -6.10. The van der Waals surface area contributed by atoms with Crippen molar-refractivity contribution in [1.82, 2.24) is 4.13 Å². The first-order valence-corrected chi connectivity index (χ1v) is 12.9. The van der Waals surface area contributed by atoms with E-state index >= 15 is 0 Å². The molecule has 0 unspecified atom stereocenters. The number of halogens is 3. The lowest BCUT2D eigenvalue weighted by Gasteiger charge is -2.11. The molecule has 0 spiro atoms. The second kappa shape index (κ2) is 9.64. The molecule has 8 nitrogen and oxygen atoms in total. The molecule has 29 heavy (non-hydrogen) atoms. The molecule has 0 radical (unpaired) electrons. The number of nitrogens with one attached hydrogen (secondary N) is 1. The molecule has 1 aromatic rings. The van der Waals surface area contributed by atoms with Crippen molar-refractivity contribution >= 4 is 37.0 Å². The summed E-state index contributed by atoms with van der Waals surface area (Å²) in [6, 6.07) is 6.11. The molecule has 1 heterocycles. The summed E-state index contributed by atoms with van der Waals surface area (Å²) in [4.78, 5) is 12.2. The van der Waals surface area contributed by atoms with Crippen molar-refractivity contribution < 1.29 is 43.7 Å². The number of Topliss-reactive ketones (excluding diaryl/α,β-unsaturated/α-hetero) is 1. The molecule has 1 aromatic carbocycles. The van der Waals surface area contributed by atoms with E-state index in [9.17, 15) is 34.8 Å². The zero-order valence-electron chi connectivity index (χ0n) is 15.0. The molecule has 0 aliphatic carbocycles. The minimum Gasteiger partial charge on any atom is -0.491 e. The summed E-state index contributed by atoms with van der Waals surface area (Å²) >= 11 is 0. The van der Waals surface area contributed by atoms with E-state index in [0.29, 0.717) is 15.4 Å². The van der Waals surface area contributed by atoms with Crippen LogP contribution in [0.4, 0.5) is 13.2 Å². The van der Waals surface area contributed by atoms with Crippen molar-refractivity contribution in [2.45, 2.75) is 18.3 Å². The zero-order chi connectivity index (χ0) is 21.7. The third-order valence-corrected chi connectivity index (χ3v) is 8.92. The van der Waals surface area contributed by atoms with Crippen LogP contribution in [-0.4, -0.2) is 58.6 Å². The van der Waals surface area contributed by atoms with Crippen molar-refractivity contribution in [2.75, 3.05) is 30.5 Å². The first-order chi connectivity index (χ1) is 13.4. The van der Waals surface area contributed by atoms with Crippen LogP contribution >= 0.6 is 0 Å². The maximum atomic E-state index is 12.2. The summed E-state index contributed by atoms with van der Waals surface area (Å²) < 4.78 is 90.2. The monoisotopic (exact) mass is 478 g/mol. The van der Waals surface area contributed by atoms with Crippen LogP contribution in [0.2, 0.25) is 0 Å². The van der Waals surface area contributed by atoms with E-state index in [4.69, 9.17) is 4.74 Å². The van der Waals surface area contributed by atoms with Crippen molar-refractivity contribution in [3.8, 4) is 5.75 Å². The third-order valence-electron chi connectivity index (χ3n) is 3.73. The maximum Gasteiger partial charge on any atom is 0.512 e. The topological polar surface area (TPSA) is 116 Å². The molecule has 1 saturated heterocycles. The standard InChI is InChI=1S/C15H19F3NO7S3/c16-15(17,18)28(21,22)19-29(23,24)26-8-7-25-13-5-3-12(4-6-13)14(20)11-27-9-1-2-10-27/h3-6,19H,1-2,7-11H2/q+1. The Morgan fingerprint density at radius 1 is 1.03 bits per heavy atom. The molecule has 1 aliphatic rings. The number of ether oxygens (including phenoxy) is 1. The van der Waals surface area contributed by atoms with Gasteiger partial charge >= 0.3 is 25.8 Å². The highest BCUT2D eigenvalue weighted by molar-refractivity contribution is 8.03. The second-order valence-corrected chi connectivity index (χ2v) is 11.6. The number of hydrogen-bond donors (Lipinski definition) is 1. The highest BCUT2D eigenvalue weighted by Gasteiger charge is 2.48. The summed E-state index contributed by atoms with van der Waals surface area (Å²) in [6.07, 6.45) is 2.30. The number of ketones is 1. The molecule has 0 atom stereocenters. The average molecular weight is 479 g/mol. The van der Waals surface area contributed by atoms with Gasteiger partial charge in [0.2, 0.25) is 5.78 Å². The van der Waals surface area contributed by atoms with Crippen LogP contribution < -0.4 is 8.86 Å². The molecular formula is C15H19F3NO7S3+. The van der Waals surface area contributed by atoms with E-state index in [0.717, 1.165) is 24.3 Å². The molecule has 164 valence electrons. The van der Waals surface area contributed by atoms with Gasteiger partial charge in [0.1, 0.15) is 30.5 Å². The molecule has 1 fully saturated rings. The Hall–Kier alpha value is -1.35. The Morgan fingerprint density at radius 2 is 1.62 bits per heavy atom. The largest absolute Gasteiger partial charge is 0.512 e. The van der Waals surface area contributed by atoms with Gasteiger partial charge in [-0.05, 0) is 48.0 Å². The lowest BCUT2D eigenvalue weighted by molar-refractivity contribution is -0.0442. The second-order valence-electron chi connectivity index (χ2n) is 5.98. The van der Waals surface area contributed by atoms with Crippen LogP contribution in [0.25, 0.3) is 0 Å². The van der Waals surface area contributed by atoms with Crippen LogP contribution in [0.5, 0.6) is 5.75 Å². The van der Waals surface area contributed by atoms with E-state index in [1.165, 1.54) is 12.1 Å². The van der Waals surface area contributed by atoms with Crippen LogP contribution in [0.3, 0.4) is 0 Å². The van der Waals surface area contributed by atoms with Gasteiger partial charge in [0.15, 0.2) is 5.75 Å². The molecule has 0 amide bonds. The zero-order valence-corrected chi connectivity index (χ0v) is 17.4. The minimum absolute atomic E-state index is 0.0353. The van der Waals surface area contributed by atoms with E-state index in [1.54, 1.807) is 12.1 Å². The summed E-state index contributed by atoms with van der Waals surface area (Å²) in [5.74, 6) is 2.99. The third kappa shape index (κ3) is 7.44. The molecular weight excluding hydrogens is 459 g/mol. The first-order valence-electron chi connectivity index (χ1n) is 8.29. The molecule has 2 rings (SSSR count). The molecule has 1 aliphatic heterocycles. The van der Waals surface area contributed by atoms with E-state index in [1.807, 2.05) is 0 Å². The summed E-state index contributed by atoms with van der Waals surface area (Å²) in [6.45, 7) is -1.12. The Kier molecular flexibility index (Phi) is 7.95. The number of benzene rings is 1. The highest BCUT2D eigenvalue weighted by Crippen LogP contribution is 2.22. The van der Waals surface area contributed by atoms with Gasteiger partial charge < -0.3 is 4.74 Å². The number of hydrogen-bond acceptors (Lipinski definition) is 7. The number of rotatable bonds is 10. The fraction of sp³-hybridized carbons (Fsp3) is 0.533. The van der Waals surface area contributed by atoms with Gasteiger partial charge in [-0.1, -0.05) is 4.13 Å². The normalized spacial score (nSPS) is 16.1. The molecule has 0 aromatic heterocycles. The quantitative estimate of drug-likeness (QED) is 0.307. The van der Waals surface area contributed by atoms with Crippen LogP contribution in [0.1, 0.15) is 23.2 Å². The van der Waals surface area contributed by atoms with E-state index < -0.39 is 32.4 Å². The van der Waals surface area contributed by atoms with Gasteiger partial charge in [-0.2, -0.15) is 21.6 Å². The number of carbonyl (C=O) groups is 1. The smallest absolute Gasteiger partial charge is 0.491 e. The number of alkyl halides is 3. The summed E-state index contributed by atoms with van der Waals surface area (Å²) in [5, 5.41) is 0. The predicted molar refractivity (Wildman–Crippen MR) is 100 cm³/mol. The molecule has 14 heteroatoms. The van der Waals surface area contributed by atoms with E-state index in [2.05, 4.69) is 4.18 Å². The Balaban J connectivity index is 1.78. The average Bonchev–Trinajstić information content (AvgIpc) is 3.10. The van der Waals surface area contributed by atoms with Gasteiger partial charge in [-0.3, -0.25) is 8.98 Å². The van der Waals surface area contributed by atoms with Gasteiger partial charge in [0.25, 0.3) is 0 Å². The van der Waals surface area contributed by atoms with Crippen molar-refractivity contribution in [2.24, 2.45) is 0 Å². The van der Waals surface area contributed by atoms with Crippen molar-refractivity contribution in [3.63, 3.8) is 0 Å². The van der Waals surface area contributed by atoms with Gasteiger partial charge in [-0.15, -0.1) is 0 Å². The van der Waals surface area contributed by atoms with Crippen molar-refractivity contribution in [3.05, 3.63) is 29.8 Å². The van der Waals surface area contributed by atoms with Crippen molar-refractivity contribution in [1.29, 1.82) is 0 Å². The van der Waals surface area contributed by atoms with E-state index in [-0.39, 0.29) is 29.0 Å². The molecule has 1 N–H and O–H groups in total. The van der Waals surface area contributed by atoms with Gasteiger partial charge in [0, 0.05) is 5.56 Å². The Bertz CT molecular complexity index is 909. The number of sulfonamides is 1.